The van der Waals surface area contributed by atoms with Crippen molar-refractivity contribution in [3.8, 4) is 5.75 Å². The first-order valence-corrected chi connectivity index (χ1v) is 16.1. The van der Waals surface area contributed by atoms with E-state index in [0.717, 1.165) is 25.9 Å². The molecule has 1 aromatic heterocycles. The number of piperidine rings is 1. The molecule has 0 spiro atoms. The van der Waals surface area contributed by atoms with Gasteiger partial charge in [0.15, 0.2) is 0 Å². The Morgan fingerprint density at radius 2 is 1.80 bits per heavy atom. The Morgan fingerprint density at radius 1 is 1.09 bits per heavy atom. The predicted molar refractivity (Wildman–Crippen MR) is 168 cm³/mol. The summed E-state index contributed by atoms with van der Waals surface area (Å²) in [4.78, 5) is 34.7. The van der Waals surface area contributed by atoms with Gasteiger partial charge in [-0.3, -0.25) is 19.5 Å². The number of carbonyl (C=O) groups is 2. The molecule has 3 aromatic rings. The third-order valence-corrected chi connectivity index (χ3v) is 10.2. The number of nitrogens with zero attached hydrogens (tertiary/aromatic N) is 3. The summed E-state index contributed by atoms with van der Waals surface area (Å²) in [6.07, 6.45) is 3.37. The van der Waals surface area contributed by atoms with E-state index in [2.05, 4.69) is 9.88 Å². The summed E-state index contributed by atoms with van der Waals surface area (Å²) in [5, 5.41) is 23.5. The first kappa shape index (κ1) is 31.9. The SMILES string of the molecule is CC[C@@](O)(c1cc(F)c2c(c1)C(=O)N(Cc1ncc(Cl)cc1O)[C@]2(O[C@H]1CCC(=O)C1)c1ccc(Cl)cc1)C1CCN(C)CC1. The third-order valence-electron chi connectivity index (χ3n) is 9.71. The largest absolute Gasteiger partial charge is 0.506 e. The van der Waals surface area contributed by atoms with E-state index in [1.165, 1.54) is 23.2 Å². The number of aromatic nitrogens is 1. The van der Waals surface area contributed by atoms with Gasteiger partial charge in [0.25, 0.3) is 5.91 Å². The number of fused-ring (bicyclic) bond motifs is 1. The van der Waals surface area contributed by atoms with E-state index < -0.39 is 29.2 Å². The molecule has 1 aliphatic carbocycles. The lowest BCUT2D eigenvalue weighted by Crippen LogP contribution is -2.48. The van der Waals surface area contributed by atoms with Gasteiger partial charge in [-0.2, -0.15) is 0 Å². The van der Waals surface area contributed by atoms with Crippen LogP contribution in [0, 0.1) is 11.7 Å². The molecule has 6 rings (SSSR count). The van der Waals surface area contributed by atoms with Crippen molar-refractivity contribution in [3.05, 3.63) is 92.5 Å². The van der Waals surface area contributed by atoms with Crippen molar-refractivity contribution in [2.24, 2.45) is 5.92 Å². The fourth-order valence-electron chi connectivity index (χ4n) is 7.21. The minimum absolute atomic E-state index is 0.0151. The number of carbonyl (C=O) groups excluding carboxylic acids is 2. The van der Waals surface area contributed by atoms with Crippen LogP contribution in [0.1, 0.15) is 78.2 Å². The average molecular weight is 657 g/mol. The van der Waals surface area contributed by atoms with Crippen LogP contribution >= 0.6 is 23.2 Å². The van der Waals surface area contributed by atoms with Gasteiger partial charge in [0.2, 0.25) is 5.72 Å². The molecular weight excluding hydrogens is 620 g/mol. The van der Waals surface area contributed by atoms with Gasteiger partial charge >= 0.3 is 0 Å². The number of likely N-dealkylation sites (tertiary alicyclic amines) is 1. The number of halogens is 3. The third kappa shape index (κ3) is 5.63. The summed E-state index contributed by atoms with van der Waals surface area (Å²) < 4.78 is 23.7. The summed E-state index contributed by atoms with van der Waals surface area (Å²) in [5.41, 5.74) is -2.30. The van der Waals surface area contributed by atoms with Crippen molar-refractivity contribution in [2.45, 2.75) is 69.4 Å². The van der Waals surface area contributed by atoms with Gasteiger partial charge in [0, 0.05) is 35.7 Å². The smallest absolute Gasteiger partial charge is 0.257 e. The average Bonchev–Trinajstić information content (AvgIpc) is 3.53. The minimum atomic E-state index is -1.83. The fraction of sp³-hybridized carbons (Fsp3) is 0.441. The van der Waals surface area contributed by atoms with E-state index >= 15 is 4.39 Å². The number of rotatable bonds is 8. The standard InChI is InChI=1S/C34H36Cl2FN3O5/c1-3-33(44,20-10-12-39(2)13-11-20)22-14-27-31(28(37)15-22)34(21-4-6-23(35)7-5-21,45-26-9-8-25(41)17-26)40(32(27)43)19-29-30(42)16-24(36)18-38-29/h4-7,14-16,18,20,26,42,44H,3,8-13,17,19H2,1-2H3/t26-,33-,34-/m0/s1. The highest BCUT2D eigenvalue weighted by Gasteiger charge is 2.56. The molecule has 3 heterocycles. The Kier molecular flexibility index (Phi) is 8.69. The molecule has 2 aliphatic heterocycles. The normalized spacial score (nSPS) is 23.9. The van der Waals surface area contributed by atoms with E-state index in [0.29, 0.717) is 35.4 Å². The lowest BCUT2D eigenvalue weighted by molar-refractivity contribution is -0.149. The van der Waals surface area contributed by atoms with Crippen LogP contribution in [0.25, 0.3) is 0 Å². The van der Waals surface area contributed by atoms with E-state index in [4.69, 9.17) is 27.9 Å². The molecule has 45 heavy (non-hydrogen) atoms. The Labute approximate surface area is 271 Å². The van der Waals surface area contributed by atoms with Gasteiger partial charge in [-0.15, -0.1) is 0 Å². The number of hydrogen-bond donors (Lipinski definition) is 2. The van der Waals surface area contributed by atoms with Crippen LogP contribution in [-0.2, 0) is 27.4 Å². The number of amides is 1. The molecule has 2 aromatic carbocycles. The quantitative estimate of drug-likeness (QED) is 0.299. The second-order valence-corrected chi connectivity index (χ2v) is 13.3. The monoisotopic (exact) mass is 655 g/mol. The van der Waals surface area contributed by atoms with Gasteiger partial charge in [-0.1, -0.05) is 42.3 Å². The summed E-state index contributed by atoms with van der Waals surface area (Å²) in [5.74, 6) is -1.63. The molecule has 0 radical (unpaired) electrons. The number of benzene rings is 2. The second kappa shape index (κ2) is 12.3. The van der Waals surface area contributed by atoms with Gasteiger partial charge in [-0.25, -0.2) is 4.39 Å². The molecule has 11 heteroatoms. The summed E-state index contributed by atoms with van der Waals surface area (Å²) in [6, 6.07) is 10.8. The van der Waals surface area contributed by atoms with Crippen LogP contribution in [0.3, 0.4) is 0 Å². The number of Topliss-reactive ketones (excluding diaryl/α,β-unsaturated/α-hetero) is 1. The number of ketones is 1. The molecule has 238 valence electrons. The first-order valence-electron chi connectivity index (χ1n) is 15.3. The van der Waals surface area contributed by atoms with Crippen molar-refractivity contribution in [1.29, 1.82) is 0 Å². The zero-order valence-corrected chi connectivity index (χ0v) is 26.7. The van der Waals surface area contributed by atoms with Gasteiger partial charge in [0.05, 0.1) is 34.4 Å². The van der Waals surface area contributed by atoms with Crippen molar-refractivity contribution in [3.63, 3.8) is 0 Å². The zero-order chi connectivity index (χ0) is 32.1. The summed E-state index contributed by atoms with van der Waals surface area (Å²) in [6.45, 7) is 3.21. The van der Waals surface area contributed by atoms with E-state index in [1.54, 1.807) is 30.3 Å². The summed E-state index contributed by atoms with van der Waals surface area (Å²) >= 11 is 12.3. The van der Waals surface area contributed by atoms with Crippen molar-refractivity contribution >= 4 is 34.9 Å². The van der Waals surface area contributed by atoms with Crippen molar-refractivity contribution in [2.75, 3.05) is 20.1 Å². The molecule has 1 saturated heterocycles. The molecule has 2 N–H and O–H groups in total. The van der Waals surface area contributed by atoms with Gasteiger partial charge < -0.3 is 19.8 Å². The minimum Gasteiger partial charge on any atom is -0.506 e. The molecule has 1 saturated carbocycles. The van der Waals surface area contributed by atoms with Crippen molar-refractivity contribution < 1.29 is 28.9 Å². The molecule has 2 fully saturated rings. The highest BCUT2D eigenvalue weighted by atomic mass is 35.5. The summed E-state index contributed by atoms with van der Waals surface area (Å²) in [7, 11) is 2.03. The fourth-order valence-corrected chi connectivity index (χ4v) is 7.49. The number of aromatic hydroxyl groups is 1. The van der Waals surface area contributed by atoms with Crippen molar-refractivity contribution in [1.82, 2.24) is 14.8 Å². The maximum Gasteiger partial charge on any atom is 0.257 e. The molecule has 3 aliphatic rings. The van der Waals surface area contributed by atoms with E-state index in [-0.39, 0.29) is 52.3 Å². The first-order chi connectivity index (χ1) is 21.5. The van der Waals surface area contributed by atoms with Gasteiger partial charge in [0.1, 0.15) is 23.0 Å². The molecule has 0 unspecified atom stereocenters. The Morgan fingerprint density at radius 3 is 2.42 bits per heavy atom. The second-order valence-electron chi connectivity index (χ2n) is 12.4. The molecule has 1 amide bonds. The molecule has 3 atom stereocenters. The molecule has 8 nitrogen and oxygen atoms in total. The Balaban J connectivity index is 1.56. The highest BCUT2D eigenvalue weighted by molar-refractivity contribution is 6.30. The van der Waals surface area contributed by atoms with E-state index in [9.17, 15) is 19.8 Å². The number of ether oxygens (including phenoxy) is 1. The maximum atomic E-state index is 16.9. The highest BCUT2D eigenvalue weighted by Crippen LogP contribution is 2.51. The number of aliphatic hydroxyl groups is 1. The lowest BCUT2D eigenvalue weighted by Gasteiger charge is -2.42. The lowest BCUT2D eigenvalue weighted by atomic mass is 9.73. The maximum absolute atomic E-state index is 16.9. The van der Waals surface area contributed by atoms with Crippen LogP contribution in [0.2, 0.25) is 10.0 Å². The van der Waals surface area contributed by atoms with E-state index in [1.807, 2.05) is 14.0 Å². The Hall–Kier alpha value is -3.08. The van der Waals surface area contributed by atoms with Crippen LogP contribution in [-0.4, -0.2) is 62.9 Å². The molecular formula is C34H36Cl2FN3O5. The van der Waals surface area contributed by atoms with Gasteiger partial charge in [-0.05, 0) is 81.6 Å². The van der Waals surface area contributed by atoms with Crippen LogP contribution in [0.15, 0.2) is 48.7 Å². The topological polar surface area (TPSA) is 103 Å². The number of pyridine rings is 1. The van der Waals surface area contributed by atoms with Crippen LogP contribution < -0.4 is 0 Å². The predicted octanol–water partition coefficient (Wildman–Crippen LogP) is 6.17. The van der Waals surface area contributed by atoms with Crippen LogP contribution in [0.5, 0.6) is 5.75 Å². The Bertz CT molecular complexity index is 1630. The molecule has 0 bridgehead atoms. The zero-order valence-electron chi connectivity index (χ0n) is 25.2. The van der Waals surface area contributed by atoms with Crippen LogP contribution in [0.4, 0.5) is 4.39 Å². The number of hydrogen-bond acceptors (Lipinski definition) is 7.